The van der Waals surface area contributed by atoms with Gasteiger partial charge in [-0.1, -0.05) is 13.8 Å². The third-order valence-corrected chi connectivity index (χ3v) is 2.14. The Morgan fingerprint density at radius 3 is 2.87 bits per heavy atom. The molecule has 0 saturated carbocycles. The minimum atomic E-state index is -0.329. The van der Waals surface area contributed by atoms with Crippen LogP contribution in [0, 0.1) is 0 Å². The summed E-state index contributed by atoms with van der Waals surface area (Å²) < 4.78 is 1.71. The second-order valence-corrected chi connectivity index (χ2v) is 3.62. The van der Waals surface area contributed by atoms with Crippen molar-refractivity contribution in [1.82, 2.24) is 19.5 Å². The molecule has 0 aliphatic heterocycles. The Morgan fingerprint density at radius 1 is 1.47 bits per heavy atom. The van der Waals surface area contributed by atoms with Crippen molar-refractivity contribution in [2.24, 2.45) is 0 Å². The van der Waals surface area contributed by atoms with Crippen LogP contribution < -0.4 is 5.69 Å². The monoisotopic (exact) mass is 204 g/mol. The van der Waals surface area contributed by atoms with Crippen molar-refractivity contribution in [2.45, 2.75) is 19.8 Å². The van der Waals surface area contributed by atoms with Gasteiger partial charge in [0.1, 0.15) is 12.1 Å². The fraction of sp³-hybridized carbons (Fsp3) is 0.300. The molecule has 78 valence electrons. The molecule has 2 heterocycles. The SMILES string of the molecule is CC(C)c1cc(-n2ccnc2)nc(=O)[nH]1. The van der Waals surface area contributed by atoms with E-state index < -0.39 is 0 Å². The Hall–Kier alpha value is -1.91. The second-order valence-electron chi connectivity index (χ2n) is 3.62. The van der Waals surface area contributed by atoms with Crippen molar-refractivity contribution >= 4 is 0 Å². The third kappa shape index (κ3) is 1.96. The average molecular weight is 204 g/mol. The van der Waals surface area contributed by atoms with E-state index in [4.69, 9.17) is 0 Å². The van der Waals surface area contributed by atoms with E-state index in [1.165, 1.54) is 0 Å². The molecule has 0 fully saturated rings. The third-order valence-electron chi connectivity index (χ3n) is 2.14. The molecule has 15 heavy (non-hydrogen) atoms. The summed E-state index contributed by atoms with van der Waals surface area (Å²) in [5.74, 6) is 0.864. The van der Waals surface area contributed by atoms with Crippen LogP contribution in [-0.2, 0) is 0 Å². The predicted molar refractivity (Wildman–Crippen MR) is 56.1 cm³/mol. The molecule has 0 spiro atoms. The maximum absolute atomic E-state index is 11.3. The molecule has 5 heteroatoms. The summed E-state index contributed by atoms with van der Waals surface area (Å²) >= 11 is 0. The largest absolute Gasteiger partial charge is 0.347 e. The van der Waals surface area contributed by atoms with Crippen LogP contribution in [0.1, 0.15) is 25.5 Å². The lowest BCUT2D eigenvalue weighted by Gasteiger charge is -2.06. The summed E-state index contributed by atoms with van der Waals surface area (Å²) in [6.45, 7) is 4.03. The van der Waals surface area contributed by atoms with Gasteiger partial charge in [-0.15, -0.1) is 0 Å². The highest BCUT2D eigenvalue weighted by molar-refractivity contribution is 5.24. The number of hydrogen-bond acceptors (Lipinski definition) is 3. The Kier molecular flexibility index (Phi) is 2.37. The lowest BCUT2D eigenvalue weighted by molar-refractivity contribution is 0.790. The summed E-state index contributed by atoms with van der Waals surface area (Å²) in [6, 6.07) is 1.85. The van der Waals surface area contributed by atoms with E-state index in [9.17, 15) is 4.79 Å². The number of aromatic nitrogens is 4. The first kappa shape index (κ1) is 9.64. The Bertz CT molecular complexity index is 498. The number of hydrogen-bond donors (Lipinski definition) is 1. The first-order valence-corrected chi connectivity index (χ1v) is 4.76. The molecule has 0 atom stereocenters. The predicted octanol–water partition coefficient (Wildman–Crippen LogP) is 1.08. The van der Waals surface area contributed by atoms with Crippen molar-refractivity contribution in [3.63, 3.8) is 0 Å². The van der Waals surface area contributed by atoms with Crippen LogP contribution in [0.15, 0.2) is 29.6 Å². The van der Waals surface area contributed by atoms with Gasteiger partial charge in [-0.2, -0.15) is 4.98 Å². The van der Waals surface area contributed by atoms with Crippen molar-refractivity contribution in [1.29, 1.82) is 0 Å². The fourth-order valence-electron chi connectivity index (χ4n) is 1.30. The van der Waals surface area contributed by atoms with Gasteiger partial charge in [0, 0.05) is 24.2 Å². The number of H-pyrrole nitrogens is 1. The van der Waals surface area contributed by atoms with Crippen molar-refractivity contribution in [2.75, 3.05) is 0 Å². The molecule has 5 nitrogen and oxygen atoms in total. The molecular formula is C10H12N4O. The van der Waals surface area contributed by atoms with Gasteiger partial charge in [-0.05, 0) is 5.92 Å². The number of nitrogens with one attached hydrogen (secondary N) is 1. The van der Waals surface area contributed by atoms with E-state index in [0.29, 0.717) is 5.82 Å². The van der Waals surface area contributed by atoms with Gasteiger partial charge in [0.05, 0.1) is 0 Å². The first-order chi connectivity index (χ1) is 7.16. The summed E-state index contributed by atoms with van der Waals surface area (Å²) in [5, 5.41) is 0. The number of nitrogens with zero attached hydrogens (tertiary/aromatic N) is 3. The first-order valence-electron chi connectivity index (χ1n) is 4.76. The van der Waals surface area contributed by atoms with E-state index in [-0.39, 0.29) is 11.6 Å². The molecule has 0 aliphatic rings. The highest BCUT2D eigenvalue weighted by Crippen LogP contribution is 2.11. The van der Waals surface area contributed by atoms with Crippen LogP contribution in [0.2, 0.25) is 0 Å². The summed E-state index contributed by atoms with van der Waals surface area (Å²) in [6.07, 6.45) is 5.02. The Labute approximate surface area is 86.8 Å². The smallest absolute Gasteiger partial charge is 0.309 e. The quantitative estimate of drug-likeness (QED) is 0.796. The molecule has 0 unspecified atom stereocenters. The Morgan fingerprint density at radius 2 is 2.27 bits per heavy atom. The normalized spacial score (nSPS) is 10.9. The van der Waals surface area contributed by atoms with Crippen LogP contribution in [0.25, 0.3) is 5.82 Å². The lowest BCUT2D eigenvalue weighted by atomic mass is 10.1. The van der Waals surface area contributed by atoms with E-state index in [1.54, 1.807) is 23.3 Å². The van der Waals surface area contributed by atoms with Crippen LogP contribution in [-0.4, -0.2) is 19.5 Å². The molecular weight excluding hydrogens is 192 g/mol. The van der Waals surface area contributed by atoms with Gasteiger partial charge >= 0.3 is 5.69 Å². The van der Waals surface area contributed by atoms with Crippen molar-refractivity contribution in [3.05, 3.63) is 41.0 Å². The Balaban J connectivity index is 2.54. The van der Waals surface area contributed by atoms with Crippen molar-refractivity contribution in [3.8, 4) is 5.82 Å². The van der Waals surface area contributed by atoms with Gasteiger partial charge in [0.25, 0.3) is 0 Å². The zero-order valence-corrected chi connectivity index (χ0v) is 8.64. The molecule has 2 aromatic rings. The molecule has 1 N–H and O–H groups in total. The van der Waals surface area contributed by atoms with E-state index >= 15 is 0 Å². The van der Waals surface area contributed by atoms with Crippen molar-refractivity contribution < 1.29 is 0 Å². The minimum Gasteiger partial charge on any atom is -0.309 e. The maximum Gasteiger partial charge on any atom is 0.347 e. The molecule has 0 aromatic carbocycles. The molecule has 0 saturated heterocycles. The summed E-state index contributed by atoms with van der Waals surface area (Å²) in [5.41, 5.74) is 0.545. The standard InChI is InChI=1S/C10H12N4O/c1-7(2)8-5-9(13-10(15)12-8)14-4-3-11-6-14/h3-7H,1-2H3,(H,12,13,15). The van der Waals surface area contributed by atoms with E-state index in [1.807, 2.05) is 19.9 Å². The molecule has 2 rings (SSSR count). The molecule has 0 radical (unpaired) electrons. The van der Waals surface area contributed by atoms with Gasteiger partial charge in [0.2, 0.25) is 0 Å². The van der Waals surface area contributed by atoms with E-state index in [2.05, 4.69) is 15.0 Å². The summed E-state index contributed by atoms with van der Waals surface area (Å²) in [4.78, 5) is 21.8. The summed E-state index contributed by atoms with van der Waals surface area (Å²) in [7, 11) is 0. The number of aromatic amines is 1. The zero-order chi connectivity index (χ0) is 10.8. The van der Waals surface area contributed by atoms with Gasteiger partial charge in [-0.25, -0.2) is 9.78 Å². The van der Waals surface area contributed by atoms with Crippen LogP contribution >= 0.6 is 0 Å². The fourth-order valence-corrected chi connectivity index (χ4v) is 1.30. The van der Waals surface area contributed by atoms with Crippen LogP contribution in [0.5, 0.6) is 0 Å². The van der Waals surface area contributed by atoms with Gasteiger partial charge in [-0.3, -0.25) is 4.57 Å². The minimum absolute atomic E-state index is 0.267. The second kappa shape index (κ2) is 3.68. The van der Waals surface area contributed by atoms with Gasteiger partial charge < -0.3 is 4.98 Å². The molecule has 2 aromatic heterocycles. The number of imidazole rings is 1. The maximum atomic E-state index is 11.3. The molecule has 0 aliphatic carbocycles. The van der Waals surface area contributed by atoms with E-state index in [0.717, 1.165) is 5.69 Å². The highest BCUT2D eigenvalue weighted by atomic mass is 16.1. The molecule has 0 amide bonds. The number of rotatable bonds is 2. The average Bonchev–Trinajstić information content (AvgIpc) is 2.69. The lowest BCUT2D eigenvalue weighted by Crippen LogP contribution is -2.16. The molecule has 0 bridgehead atoms. The highest BCUT2D eigenvalue weighted by Gasteiger charge is 2.05. The zero-order valence-electron chi connectivity index (χ0n) is 8.64. The van der Waals surface area contributed by atoms with Crippen LogP contribution in [0.3, 0.4) is 0 Å². The van der Waals surface area contributed by atoms with Crippen LogP contribution in [0.4, 0.5) is 0 Å². The van der Waals surface area contributed by atoms with Gasteiger partial charge in [0.15, 0.2) is 0 Å². The topological polar surface area (TPSA) is 63.6 Å².